The van der Waals surface area contributed by atoms with Gasteiger partial charge in [0.2, 0.25) is 5.95 Å². The van der Waals surface area contributed by atoms with Crippen LogP contribution in [0.15, 0.2) is 10.9 Å². The molecular formula is C10H16N4O. The van der Waals surface area contributed by atoms with E-state index in [2.05, 4.69) is 14.9 Å². The molecule has 1 saturated heterocycles. The zero-order valence-corrected chi connectivity index (χ0v) is 8.70. The Bertz CT molecular complexity index is 381. The summed E-state index contributed by atoms with van der Waals surface area (Å²) in [6, 6.07) is 1.52. The molecule has 2 rings (SSSR count). The van der Waals surface area contributed by atoms with Gasteiger partial charge < -0.3 is 10.6 Å². The highest BCUT2D eigenvalue weighted by Crippen LogP contribution is 2.14. The van der Waals surface area contributed by atoms with Gasteiger partial charge in [-0.3, -0.25) is 9.78 Å². The van der Waals surface area contributed by atoms with Gasteiger partial charge >= 0.3 is 0 Å². The van der Waals surface area contributed by atoms with E-state index in [0.717, 1.165) is 18.8 Å². The molecule has 0 saturated carbocycles. The second kappa shape index (κ2) is 4.44. The molecule has 1 aromatic rings. The maximum atomic E-state index is 11.4. The van der Waals surface area contributed by atoms with Crippen LogP contribution in [0, 0.1) is 0 Å². The lowest BCUT2D eigenvalue weighted by atomic mass is 10.3. The second-order valence-electron chi connectivity index (χ2n) is 3.79. The van der Waals surface area contributed by atoms with E-state index in [1.54, 1.807) is 0 Å². The molecule has 0 unspecified atom stereocenters. The molecule has 5 heteroatoms. The van der Waals surface area contributed by atoms with Gasteiger partial charge in [0, 0.05) is 25.6 Å². The maximum Gasteiger partial charge on any atom is 0.252 e. The highest BCUT2D eigenvalue weighted by atomic mass is 16.1. The number of rotatable bonds is 3. The Morgan fingerprint density at radius 2 is 2.20 bits per heavy atom. The van der Waals surface area contributed by atoms with Crippen LogP contribution in [0.25, 0.3) is 0 Å². The molecule has 1 aliphatic heterocycles. The van der Waals surface area contributed by atoms with Gasteiger partial charge in [0.15, 0.2) is 0 Å². The molecule has 0 atom stereocenters. The van der Waals surface area contributed by atoms with Crippen molar-refractivity contribution in [3.63, 3.8) is 0 Å². The van der Waals surface area contributed by atoms with Crippen molar-refractivity contribution in [1.29, 1.82) is 0 Å². The van der Waals surface area contributed by atoms with E-state index < -0.39 is 0 Å². The summed E-state index contributed by atoms with van der Waals surface area (Å²) < 4.78 is 0. The first-order chi connectivity index (χ1) is 7.29. The molecule has 15 heavy (non-hydrogen) atoms. The van der Waals surface area contributed by atoms with E-state index >= 15 is 0 Å². The third-order valence-corrected chi connectivity index (χ3v) is 2.59. The van der Waals surface area contributed by atoms with Gasteiger partial charge in [-0.25, -0.2) is 4.98 Å². The number of nitrogens with one attached hydrogen (secondary N) is 1. The minimum absolute atomic E-state index is 0.0876. The quantitative estimate of drug-likeness (QED) is 0.725. The van der Waals surface area contributed by atoms with Crippen LogP contribution in [0.4, 0.5) is 5.95 Å². The van der Waals surface area contributed by atoms with Gasteiger partial charge in [0.1, 0.15) is 0 Å². The van der Waals surface area contributed by atoms with Crippen LogP contribution in [0.3, 0.4) is 0 Å². The minimum Gasteiger partial charge on any atom is -0.342 e. The Kier molecular flexibility index (Phi) is 3.01. The van der Waals surface area contributed by atoms with Crippen LogP contribution in [0.5, 0.6) is 0 Å². The highest BCUT2D eigenvalue weighted by molar-refractivity contribution is 5.31. The van der Waals surface area contributed by atoms with Crippen molar-refractivity contribution in [3.8, 4) is 0 Å². The zero-order chi connectivity index (χ0) is 10.7. The van der Waals surface area contributed by atoms with Crippen LogP contribution in [0.2, 0.25) is 0 Å². The molecule has 0 bridgehead atoms. The van der Waals surface area contributed by atoms with E-state index in [1.165, 1.54) is 18.9 Å². The SMILES string of the molecule is NCCc1cc(=O)[nH]c(N2CCCC2)n1. The Hall–Kier alpha value is -1.36. The Labute approximate surface area is 88.3 Å². The molecule has 0 spiro atoms. The summed E-state index contributed by atoms with van der Waals surface area (Å²) in [7, 11) is 0. The summed E-state index contributed by atoms with van der Waals surface area (Å²) in [6.07, 6.45) is 3.00. The standard InChI is InChI=1S/C10H16N4O/c11-4-3-8-7-9(15)13-10(12-8)14-5-1-2-6-14/h7H,1-6,11H2,(H,12,13,15). The monoisotopic (exact) mass is 208 g/mol. The van der Waals surface area contributed by atoms with Crippen molar-refractivity contribution in [2.45, 2.75) is 19.3 Å². The Morgan fingerprint density at radius 3 is 2.87 bits per heavy atom. The molecule has 0 amide bonds. The van der Waals surface area contributed by atoms with Crippen molar-refractivity contribution in [3.05, 3.63) is 22.1 Å². The van der Waals surface area contributed by atoms with Gasteiger partial charge in [-0.1, -0.05) is 0 Å². The molecule has 0 aromatic carbocycles. The molecule has 0 radical (unpaired) electrons. The van der Waals surface area contributed by atoms with Gasteiger partial charge in [0.05, 0.1) is 5.69 Å². The van der Waals surface area contributed by atoms with Crippen LogP contribution in [-0.4, -0.2) is 29.6 Å². The third kappa shape index (κ3) is 2.36. The van der Waals surface area contributed by atoms with E-state index in [1.807, 2.05) is 0 Å². The van der Waals surface area contributed by atoms with E-state index in [4.69, 9.17) is 5.73 Å². The van der Waals surface area contributed by atoms with Gasteiger partial charge in [-0.2, -0.15) is 0 Å². The molecule has 1 fully saturated rings. The first kappa shape index (κ1) is 10.2. The molecule has 2 heterocycles. The predicted molar refractivity (Wildman–Crippen MR) is 59.1 cm³/mol. The molecule has 82 valence electrons. The molecule has 1 aromatic heterocycles. The van der Waals surface area contributed by atoms with Crippen LogP contribution < -0.4 is 16.2 Å². The first-order valence-corrected chi connectivity index (χ1v) is 5.35. The Balaban J connectivity index is 2.26. The normalized spacial score (nSPS) is 15.9. The number of H-pyrrole nitrogens is 1. The molecule has 1 aliphatic rings. The van der Waals surface area contributed by atoms with E-state index in [0.29, 0.717) is 18.9 Å². The van der Waals surface area contributed by atoms with Crippen molar-refractivity contribution in [2.75, 3.05) is 24.5 Å². The van der Waals surface area contributed by atoms with Crippen molar-refractivity contribution in [2.24, 2.45) is 5.73 Å². The Morgan fingerprint density at radius 1 is 1.47 bits per heavy atom. The average Bonchev–Trinajstić information content (AvgIpc) is 2.70. The van der Waals surface area contributed by atoms with E-state index in [-0.39, 0.29) is 5.56 Å². The molecular weight excluding hydrogens is 192 g/mol. The fourth-order valence-electron chi connectivity index (χ4n) is 1.85. The summed E-state index contributed by atoms with van der Waals surface area (Å²) in [6.45, 7) is 2.49. The number of anilines is 1. The lowest BCUT2D eigenvalue weighted by Crippen LogP contribution is -2.24. The number of aromatic nitrogens is 2. The van der Waals surface area contributed by atoms with Gasteiger partial charge in [-0.15, -0.1) is 0 Å². The van der Waals surface area contributed by atoms with Crippen molar-refractivity contribution >= 4 is 5.95 Å². The first-order valence-electron chi connectivity index (χ1n) is 5.35. The molecule has 0 aliphatic carbocycles. The summed E-state index contributed by atoms with van der Waals surface area (Å²) in [4.78, 5) is 20.7. The second-order valence-corrected chi connectivity index (χ2v) is 3.79. The number of hydrogen-bond acceptors (Lipinski definition) is 4. The highest BCUT2D eigenvalue weighted by Gasteiger charge is 2.14. The lowest BCUT2D eigenvalue weighted by Gasteiger charge is -2.15. The third-order valence-electron chi connectivity index (χ3n) is 2.59. The van der Waals surface area contributed by atoms with Crippen molar-refractivity contribution in [1.82, 2.24) is 9.97 Å². The van der Waals surface area contributed by atoms with Crippen LogP contribution in [0.1, 0.15) is 18.5 Å². The maximum absolute atomic E-state index is 11.4. The van der Waals surface area contributed by atoms with Crippen LogP contribution in [-0.2, 0) is 6.42 Å². The minimum atomic E-state index is -0.0876. The summed E-state index contributed by atoms with van der Waals surface area (Å²) in [5, 5.41) is 0. The topological polar surface area (TPSA) is 75.0 Å². The summed E-state index contributed by atoms with van der Waals surface area (Å²) in [5.41, 5.74) is 6.14. The fraction of sp³-hybridized carbons (Fsp3) is 0.600. The molecule has 5 nitrogen and oxygen atoms in total. The predicted octanol–water partition coefficient (Wildman–Crippen LogP) is -0.129. The largest absolute Gasteiger partial charge is 0.342 e. The number of aromatic amines is 1. The van der Waals surface area contributed by atoms with E-state index in [9.17, 15) is 4.79 Å². The van der Waals surface area contributed by atoms with Gasteiger partial charge in [-0.05, 0) is 19.4 Å². The molecule has 3 N–H and O–H groups in total. The average molecular weight is 208 g/mol. The smallest absolute Gasteiger partial charge is 0.252 e. The number of nitrogens with two attached hydrogens (primary N) is 1. The summed E-state index contributed by atoms with van der Waals surface area (Å²) in [5.74, 6) is 0.698. The number of hydrogen-bond donors (Lipinski definition) is 2. The number of nitrogens with zero attached hydrogens (tertiary/aromatic N) is 2. The van der Waals surface area contributed by atoms with Crippen LogP contribution >= 0.6 is 0 Å². The lowest BCUT2D eigenvalue weighted by molar-refractivity contribution is 0.846. The zero-order valence-electron chi connectivity index (χ0n) is 8.70. The van der Waals surface area contributed by atoms with Crippen molar-refractivity contribution < 1.29 is 0 Å². The summed E-state index contributed by atoms with van der Waals surface area (Å²) >= 11 is 0. The fourth-order valence-corrected chi connectivity index (χ4v) is 1.85. The van der Waals surface area contributed by atoms with Gasteiger partial charge in [0.25, 0.3) is 5.56 Å².